The summed E-state index contributed by atoms with van der Waals surface area (Å²) in [4.78, 5) is 0. The van der Waals surface area contributed by atoms with Gasteiger partial charge in [0.25, 0.3) is 0 Å². The highest BCUT2D eigenvalue weighted by Crippen LogP contribution is 2.05. The van der Waals surface area contributed by atoms with Gasteiger partial charge >= 0.3 is 0 Å². The first kappa shape index (κ1) is 9.36. The summed E-state index contributed by atoms with van der Waals surface area (Å²) < 4.78 is 0. The summed E-state index contributed by atoms with van der Waals surface area (Å²) in [6.07, 6.45) is 7.21. The maximum absolute atomic E-state index is 7.34. The van der Waals surface area contributed by atoms with Crippen molar-refractivity contribution in [2.75, 3.05) is 0 Å². The molecule has 0 atom stereocenters. The average molecular weight is 192 g/mol. The molecule has 70 valence electrons. The van der Waals surface area contributed by atoms with E-state index in [2.05, 4.69) is 11.8 Å². The second-order valence-electron chi connectivity index (χ2n) is 3.19. The molecule has 0 spiro atoms. The highest BCUT2D eigenvalue weighted by atomic mass is 14.4. The van der Waals surface area contributed by atoms with E-state index < -0.39 is 0 Å². The summed E-state index contributed by atoms with van der Waals surface area (Å²) in [7, 11) is 0. The van der Waals surface area contributed by atoms with E-state index in [4.69, 9.17) is 5.41 Å². The van der Waals surface area contributed by atoms with Gasteiger partial charge < -0.3 is 0 Å². The molecule has 0 saturated heterocycles. The minimum atomic E-state index is 0.514. The second-order valence-corrected chi connectivity index (χ2v) is 3.19. The van der Waals surface area contributed by atoms with Crippen molar-refractivity contribution in [2.45, 2.75) is 0 Å². The molecule has 1 nitrogen and oxygen atoms in total. The summed E-state index contributed by atoms with van der Waals surface area (Å²) in [6.45, 7) is 0. The molecule has 0 saturated carbocycles. The number of allylic oxidation sites excluding steroid dienone is 4. The van der Waals surface area contributed by atoms with E-state index in [1.807, 2.05) is 42.5 Å². The normalized spacial score (nSPS) is 13.6. The molecule has 0 fully saturated rings. The van der Waals surface area contributed by atoms with Crippen LogP contribution in [-0.4, -0.2) is 5.71 Å². The van der Waals surface area contributed by atoms with Gasteiger partial charge in [-0.05, 0) is 18.1 Å². The molecule has 1 heteroatoms. The lowest BCUT2D eigenvalue weighted by molar-refractivity contribution is 1.49. The van der Waals surface area contributed by atoms with E-state index in [0.717, 1.165) is 11.1 Å². The number of benzene rings is 1. The third-order valence-electron chi connectivity index (χ3n) is 2.01. The van der Waals surface area contributed by atoms with Gasteiger partial charge in [0.15, 0.2) is 5.71 Å². The molecule has 0 aliphatic heterocycles. The van der Waals surface area contributed by atoms with Crippen LogP contribution in [0.2, 0.25) is 0 Å². The zero-order chi connectivity index (χ0) is 10.5. The molecular weight excluding hydrogens is 182 g/mol. The molecule has 15 heavy (non-hydrogen) atoms. The molecule has 1 aromatic rings. The van der Waals surface area contributed by atoms with Crippen LogP contribution in [0.15, 0.2) is 54.1 Å². The van der Waals surface area contributed by atoms with Crippen LogP contribution in [0, 0.1) is 23.7 Å². The lowest BCUT2D eigenvalue weighted by atomic mass is 10.1. The summed E-state index contributed by atoms with van der Waals surface area (Å²) in [5.41, 5.74) is 2.46. The van der Waals surface area contributed by atoms with Crippen LogP contribution >= 0.6 is 0 Å². The zero-order valence-corrected chi connectivity index (χ0v) is 8.20. The van der Waals surface area contributed by atoms with E-state index >= 15 is 0 Å². The van der Waals surface area contributed by atoms with E-state index in [1.54, 1.807) is 12.5 Å². The standard InChI is InChI=1S/C14H10N/c15-14-10-8-13(9-11-14)7-6-12-4-2-1-3-5-12/h1-5,8-11,15H/q+1. The van der Waals surface area contributed by atoms with E-state index in [0.29, 0.717) is 5.71 Å². The van der Waals surface area contributed by atoms with Crippen LogP contribution in [0.1, 0.15) is 5.56 Å². The number of rotatable bonds is 0. The van der Waals surface area contributed by atoms with E-state index in [9.17, 15) is 0 Å². The first-order valence-corrected chi connectivity index (χ1v) is 4.73. The summed E-state index contributed by atoms with van der Waals surface area (Å²) >= 11 is 0. The minimum Gasteiger partial charge on any atom is -0.275 e. The Morgan fingerprint density at radius 3 is 2.47 bits per heavy atom. The Morgan fingerprint density at radius 2 is 1.80 bits per heavy atom. The molecule has 1 N–H and O–H groups in total. The molecule has 1 aromatic carbocycles. The quantitative estimate of drug-likeness (QED) is 0.483. The molecule has 2 rings (SSSR count). The fourth-order valence-corrected chi connectivity index (χ4v) is 1.22. The smallest absolute Gasteiger partial charge is 0.165 e. The van der Waals surface area contributed by atoms with Crippen LogP contribution in [0.4, 0.5) is 0 Å². The lowest BCUT2D eigenvalue weighted by Gasteiger charge is -1.90. The van der Waals surface area contributed by atoms with Gasteiger partial charge in [0.1, 0.15) is 5.57 Å². The SMILES string of the molecule is N=C1C=CC(C#Cc2ccccc2)=C[CH+]1. The highest BCUT2D eigenvalue weighted by Gasteiger charge is 2.06. The minimum absolute atomic E-state index is 0.514. The Morgan fingerprint density at radius 1 is 1.00 bits per heavy atom. The Labute approximate surface area is 89.7 Å². The van der Waals surface area contributed by atoms with Crippen LogP contribution in [-0.2, 0) is 0 Å². The molecule has 0 amide bonds. The van der Waals surface area contributed by atoms with Crippen LogP contribution in [0.5, 0.6) is 0 Å². The highest BCUT2D eigenvalue weighted by molar-refractivity contribution is 6.02. The molecule has 1 aliphatic carbocycles. The van der Waals surface area contributed by atoms with Gasteiger partial charge in [-0.3, -0.25) is 5.41 Å². The third kappa shape index (κ3) is 2.62. The monoisotopic (exact) mass is 192 g/mol. The summed E-state index contributed by atoms with van der Waals surface area (Å²) in [6, 6.07) is 9.87. The van der Waals surface area contributed by atoms with Crippen molar-refractivity contribution in [3.63, 3.8) is 0 Å². The topological polar surface area (TPSA) is 23.9 Å². The van der Waals surface area contributed by atoms with Gasteiger partial charge in [-0.15, -0.1) is 0 Å². The van der Waals surface area contributed by atoms with Crippen LogP contribution < -0.4 is 0 Å². The Hall–Kier alpha value is -2.20. The Balaban J connectivity index is 2.14. The molecule has 0 bridgehead atoms. The van der Waals surface area contributed by atoms with Crippen LogP contribution in [0.3, 0.4) is 0 Å². The lowest BCUT2D eigenvalue weighted by Crippen LogP contribution is -1.95. The van der Waals surface area contributed by atoms with E-state index in [1.165, 1.54) is 0 Å². The molecule has 1 aliphatic rings. The van der Waals surface area contributed by atoms with Gasteiger partial charge in [0.2, 0.25) is 0 Å². The molecule has 0 unspecified atom stereocenters. The fraction of sp³-hybridized carbons (Fsp3) is 0. The largest absolute Gasteiger partial charge is 0.275 e. The second kappa shape index (κ2) is 4.34. The Bertz CT molecular complexity index is 481. The van der Waals surface area contributed by atoms with Gasteiger partial charge in [0.05, 0.1) is 24.6 Å². The predicted octanol–water partition coefficient (Wildman–Crippen LogP) is 2.76. The van der Waals surface area contributed by atoms with Crippen molar-refractivity contribution in [1.29, 1.82) is 5.41 Å². The number of nitrogens with one attached hydrogen (secondary N) is 1. The van der Waals surface area contributed by atoms with Crippen LogP contribution in [0.25, 0.3) is 0 Å². The number of hydrogen-bond acceptors (Lipinski definition) is 1. The third-order valence-corrected chi connectivity index (χ3v) is 2.01. The van der Waals surface area contributed by atoms with Crippen molar-refractivity contribution >= 4 is 5.71 Å². The van der Waals surface area contributed by atoms with Gasteiger partial charge in [-0.2, -0.15) is 0 Å². The summed E-state index contributed by atoms with van der Waals surface area (Å²) in [5, 5.41) is 7.34. The van der Waals surface area contributed by atoms with Gasteiger partial charge in [0, 0.05) is 11.5 Å². The fourth-order valence-electron chi connectivity index (χ4n) is 1.22. The zero-order valence-electron chi connectivity index (χ0n) is 8.20. The molecule has 0 aromatic heterocycles. The van der Waals surface area contributed by atoms with Gasteiger partial charge in [-0.25, -0.2) is 0 Å². The van der Waals surface area contributed by atoms with Gasteiger partial charge in [-0.1, -0.05) is 18.2 Å². The molecular formula is C14H10N+. The van der Waals surface area contributed by atoms with Crippen molar-refractivity contribution in [2.24, 2.45) is 0 Å². The predicted molar refractivity (Wildman–Crippen MR) is 62.6 cm³/mol. The maximum atomic E-state index is 7.34. The van der Waals surface area contributed by atoms with E-state index in [-0.39, 0.29) is 0 Å². The van der Waals surface area contributed by atoms with Crippen molar-refractivity contribution < 1.29 is 0 Å². The average Bonchev–Trinajstić information content (AvgIpc) is 2.30. The first-order valence-electron chi connectivity index (χ1n) is 4.73. The molecule has 0 heterocycles. The molecule has 0 radical (unpaired) electrons. The number of hydrogen-bond donors (Lipinski definition) is 1. The first-order chi connectivity index (χ1) is 7.34. The van der Waals surface area contributed by atoms with Crippen molar-refractivity contribution in [1.82, 2.24) is 0 Å². The summed E-state index contributed by atoms with van der Waals surface area (Å²) in [5.74, 6) is 6.12. The van der Waals surface area contributed by atoms with Crippen molar-refractivity contribution in [3.8, 4) is 11.8 Å². The Kier molecular flexibility index (Phi) is 2.71. The maximum Gasteiger partial charge on any atom is 0.165 e. The van der Waals surface area contributed by atoms with Crippen molar-refractivity contribution in [3.05, 3.63) is 66.1 Å².